The summed E-state index contributed by atoms with van der Waals surface area (Å²) in [6, 6.07) is 8.25. The first kappa shape index (κ1) is 12.7. The number of ether oxygens (including phenoxy) is 1. The second-order valence-corrected chi connectivity index (χ2v) is 5.97. The Morgan fingerprint density at radius 3 is 2.94 bits per heavy atom. The average Bonchev–Trinajstić information content (AvgIpc) is 2.68. The molecule has 0 unspecified atom stereocenters. The van der Waals surface area contributed by atoms with E-state index in [9.17, 15) is 0 Å². The van der Waals surface area contributed by atoms with Crippen LogP contribution in [0.15, 0.2) is 28.7 Å². The minimum absolute atomic E-state index is 0.727. The minimum atomic E-state index is 0.727. The molecule has 0 aliphatic heterocycles. The normalized spacial score (nSPS) is 10.8. The summed E-state index contributed by atoms with van der Waals surface area (Å²) in [5.74, 6) is 0. The maximum Gasteiger partial charge on any atom is 0.0958 e. The Bertz CT molecular complexity index is 510. The summed E-state index contributed by atoms with van der Waals surface area (Å²) in [5, 5.41) is 1.14. The average molecular weight is 312 g/mol. The quantitative estimate of drug-likeness (QED) is 0.849. The van der Waals surface area contributed by atoms with Gasteiger partial charge >= 0.3 is 0 Å². The van der Waals surface area contributed by atoms with Crippen molar-refractivity contribution in [1.82, 2.24) is 4.98 Å². The topological polar surface area (TPSA) is 22.1 Å². The second-order valence-electron chi connectivity index (χ2n) is 3.77. The summed E-state index contributed by atoms with van der Waals surface area (Å²) >= 11 is 5.24. The summed E-state index contributed by atoms with van der Waals surface area (Å²) in [5.41, 5.74) is 2.25. The van der Waals surface area contributed by atoms with Gasteiger partial charge < -0.3 is 4.74 Å². The highest BCUT2D eigenvalue weighted by atomic mass is 79.9. The molecule has 0 saturated heterocycles. The van der Waals surface area contributed by atoms with Crippen molar-refractivity contribution >= 4 is 27.3 Å². The standard InChI is InChI=1S/C13H14BrNOS/c1-9-13(10-4-3-5-11(14)8-10)15-12(17-9)6-7-16-2/h3-5,8H,6-7H2,1-2H3. The van der Waals surface area contributed by atoms with Crippen molar-refractivity contribution in [2.75, 3.05) is 13.7 Å². The molecule has 4 heteroatoms. The van der Waals surface area contributed by atoms with Crippen LogP contribution in [0, 0.1) is 6.92 Å². The van der Waals surface area contributed by atoms with Gasteiger partial charge in [-0.15, -0.1) is 11.3 Å². The number of rotatable bonds is 4. The van der Waals surface area contributed by atoms with Crippen LogP contribution < -0.4 is 0 Å². The van der Waals surface area contributed by atoms with Crippen LogP contribution in [0.1, 0.15) is 9.88 Å². The molecule has 0 spiro atoms. The predicted molar refractivity (Wildman–Crippen MR) is 75.6 cm³/mol. The van der Waals surface area contributed by atoms with Crippen LogP contribution in [0.4, 0.5) is 0 Å². The van der Waals surface area contributed by atoms with Gasteiger partial charge in [-0.25, -0.2) is 4.98 Å². The fourth-order valence-electron chi connectivity index (χ4n) is 1.65. The zero-order chi connectivity index (χ0) is 12.3. The van der Waals surface area contributed by atoms with Crippen molar-refractivity contribution in [2.24, 2.45) is 0 Å². The van der Waals surface area contributed by atoms with Gasteiger partial charge in [0.05, 0.1) is 17.3 Å². The van der Waals surface area contributed by atoms with E-state index < -0.39 is 0 Å². The molecule has 1 aromatic heterocycles. The lowest BCUT2D eigenvalue weighted by Crippen LogP contribution is -1.93. The van der Waals surface area contributed by atoms with Crippen molar-refractivity contribution in [3.8, 4) is 11.3 Å². The van der Waals surface area contributed by atoms with Crippen LogP contribution in [0.3, 0.4) is 0 Å². The van der Waals surface area contributed by atoms with Crippen molar-refractivity contribution in [3.63, 3.8) is 0 Å². The number of benzene rings is 1. The number of aryl methyl sites for hydroxylation is 1. The van der Waals surface area contributed by atoms with Crippen LogP contribution in [-0.4, -0.2) is 18.7 Å². The minimum Gasteiger partial charge on any atom is -0.384 e. The monoisotopic (exact) mass is 311 g/mol. The second kappa shape index (κ2) is 5.76. The molecule has 0 amide bonds. The van der Waals surface area contributed by atoms with E-state index in [4.69, 9.17) is 4.74 Å². The molecular weight excluding hydrogens is 298 g/mol. The first-order valence-corrected chi connectivity index (χ1v) is 7.03. The number of nitrogens with zero attached hydrogens (tertiary/aromatic N) is 1. The predicted octanol–water partition coefficient (Wildman–Crippen LogP) is 4.07. The van der Waals surface area contributed by atoms with E-state index in [-0.39, 0.29) is 0 Å². The summed E-state index contributed by atoms with van der Waals surface area (Å²) in [6.07, 6.45) is 0.885. The SMILES string of the molecule is COCCc1nc(-c2cccc(Br)c2)c(C)s1. The van der Waals surface area contributed by atoms with Crippen molar-refractivity contribution in [3.05, 3.63) is 38.6 Å². The molecule has 2 nitrogen and oxygen atoms in total. The molecule has 0 aliphatic rings. The van der Waals surface area contributed by atoms with Crippen molar-refractivity contribution in [2.45, 2.75) is 13.3 Å². The molecule has 0 saturated carbocycles. The van der Waals surface area contributed by atoms with Crippen LogP contribution in [0.5, 0.6) is 0 Å². The van der Waals surface area contributed by atoms with Gasteiger partial charge in [0.1, 0.15) is 0 Å². The highest BCUT2D eigenvalue weighted by molar-refractivity contribution is 9.10. The number of hydrogen-bond acceptors (Lipinski definition) is 3. The maximum atomic E-state index is 5.08. The molecule has 0 aliphatic carbocycles. The Morgan fingerprint density at radius 1 is 1.41 bits per heavy atom. The van der Waals surface area contributed by atoms with E-state index in [0.717, 1.165) is 33.8 Å². The van der Waals surface area contributed by atoms with Crippen LogP contribution >= 0.6 is 27.3 Å². The van der Waals surface area contributed by atoms with Gasteiger partial charge in [0.2, 0.25) is 0 Å². The van der Waals surface area contributed by atoms with E-state index in [1.165, 1.54) is 4.88 Å². The molecule has 2 rings (SSSR count). The summed E-state index contributed by atoms with van der Waals surface area (Å²) in [7, 11) is 1.72. The number of halogens is 1. The number of thiazole rings is 1. The van der Waals surface area contributed by atoms with Gasteiger partial charge in [-0.2, -0.15) is 0 Å². The molecule has 1 heterocycles. The molecule has 0 radical (unpaired) electrons. The lowest BCUT2D eigenvalue weighted by Gasteiger charge is -1.99. The molecule has 90 valence electrons. The maximum absolute atomic E-state index is 5.08. The fourth-order valence-corrected chi connectivity index (χ4v) is 2.99. The van der Waals surface area contributed by atoms with E-state index in [1.54, 1.807) is 18.4 Å². The molecule has 1 aromatic carbocycles. The lowest BCUT2D eigenvalue weighted by molar-refractivity contribution is 0.202. The lowest BCUT2D eigenvalue weighted by atomic mass is 10.1. The third-order valence-corrected chi connectivity index (χ3v) is 3.98. The third-order valence-electron chi connectivity index (χ3n) is 2.46. The van der Waals surface area contributed by atoms with E-state index in [0.29, 0.717) is 0 Å². The molecule has 2 aromatic rings. The molecule has 0 bridgehead atoms. The first-order chi connectivity index (χ1) is 8.20. The van der Waals surface area contributed by atoms with E-state index in [1.807, 2.05) is 12.1 Å². The highest BCUT2D eigenvalue weighted by Crippen LogP contribution is 2.29. The Kier molecular flexibility index (Phi) is 4.31. The molecule has 0 N–H and O–H groups in total. The van der Waals surface area contributed by atoms with Crippen LogP contribution in [0.25, 0.3) is 11.3 Å². The third kappa shape index (κ3) is 3.15. The molecule has 0 atom stereocenters. The summed E-state index contributed by atoms with van der Waals surface area (Å²) in [4.78, 5) is 5.93. The molecule has 17 heavy (non-hydrogen) atoms. The van der Waals surface area contributed by atoms with Gasteiger partial charge in [0.15, 0.2) is 0 Å². The Morgan fingerprint density at radius 2 is 2.24 bits per heavy atom. The summed E-state index contributed by atoms with van der Waals surface area (Å²) < 4.78 is 6.16. The fraction of sp³-hybridized carbons (Fsp3) is 0.308. The van der Waals surface area contributed by atoms with Crippen molar-refractivity contribution in [1.29, 1.82) is 0 Å². The first-order valence-electron chi connectivity index (χ1n) is 5.42. The van der Waals surface area contributed by atoms with Crippen LogP contribution in [0.2, 0.25) is 0 Å². The zero-order valence-electron chi connectivity index (χ0n) is 9.87. The Hall–Kier alpha value is -0.710. The van der Waals surface area contributed by atoms with Crippen LogP contribution in [-0.2, 0) is 11.2 Å². The number of hydrogen-bond donors (Lipinski definition) is 0. The molecular formula is C13H14BrNOS. The van der Waals surface area contributed by atoms with Gasteiger partial charge in [-0.05, 0) is 19.1 Å². The largest absolute Gasteiger partial charge is 0.384 e. The van der Waals surface area contributed by atoms with Gasteiger partial charge in [0, 0.05) is 28.4 Å². The zero-order valence-corrected chi connectivity index (χ0v) is 12.3. The Balaban J connectivity index is 2.29. The van der Waals surface area contributed by atoms with E-state index in [2.05, 4.69) is 40.0 Å². The summed E-state index contributed by atoms with van der Waals surface area (Å²) in [6.45, 7) is 2.84. The van der Waals surface area contributed by atoms with Gasteiger partial charge in [-0.3, -0.25) is 0 Å². The number of methoxy groups -OCH3 is 1. The Labute approximate surface area is 114 Å². The number of aromatic nitrogens is 1. The molecule has 0 fully saturated rings. The van der Waals surface area contributed by atoms with Gasteiger partial charge in [0.25, 0.3) is 0 Å². The highest BCUT2D eigenvalue weighted by Gasteiger charge is 2.09. The smallest absolute Gasteiger partial charge is 0.0958 e. The van der Waals surface area contributed by atoms with E-state index >= 15 is 0 Å². The van der Waals surface area contributed by atoms with Crippen molar-refractivity contribution < 1.29 is 4.74 Å². The van der Waals surface area contributed by atoms with Gasteiger partial charge in [-0.1, -0.05) is 28.1 Å².